The topological polar surface area (TPSA) is 51.7 Å². The zero-order chi connectivity index (χ0) is 15.4. The summed E-state index contributed by atoms with van der Waals surface area (Å²) in [5.41, 5.74) is 1.21. The molecule has 0 radical (unpaired) electrons. The number of methoxy groups -OCH3 is 1. The van der Waals surface area contributed by atoms with Crippen LogP contribution >= 0.6 is 11.5 Å². The van der Waals surface area contributed by atoms with Crippen LogP contribution in [0.5, 0.6) is 5.88 Å². The van der Waals surface area contributed by atoms with Crippen LogP contribution in [0.2, 0.25) is 0 Å². The van der Waals surface area contributed by atoms with Crippen molar-refractivity contribution in [2.75, 3.05) is 26.9 Å². The fourth-order valence-corrected chi connectivity index (χ4v) is 3.24. The quantitative estimate of drug-likeness (QED) is 0.867. The van der Waals surface area contributed by atoms with E-state index in [-0.39, 0.29) is 11.9 Å². The van der Waals surface area contributed by atoms with E-state index in [0.29, 0.717) is 30.5 Å². The van der Waals surface area contributed by atoms with Gasteiger partial charge in [-0.3, -0.25) is 4.79 Å². The number of hydrogen-bond donors (Lipinski definition) is 0. The second-order valence-corrected chi connectivity index (χ2v) is 5.96. The normalized spacial score (nSPS) is 18.2. The first kappa shape index (κ1) is 15.0. The Balaban J connectivity index is 1.75. The van der Waals surface area contributed by atoms with Crippen molar-refractivity contribution >= 4 is 17.4 Å². The van der Waals surface area contributed by atoms with E-state index < -0.39 is 0 Å². The summed E-state index contributed by atoms with van der Waals surface area (Å²) >= 11 is 1.18. The number of hydrogen-bond acceptors (Lipinski definition) is 5. The van der Waals surface area contributed by atoms with Crippen LogP contribution in [-0.2, 0) is 11.2 Å². The Morgan fingerprint density at radius 3 is 3.00 bits per heavy atom. The molecule has 6 heteroatoms. The number of rotatable bonds is 4. The summed E-state index contributed by atoms with van der Waals surface area (Å²) in [5, 5.41) is 0. The molecule has 116 valence electrons. The van der Waals surface area contributed by atoms with Crippen LogP contribution in [0.1, 0.15) is 15.2 Å². The van der Waals surface area contributed by atoms with Crippen molar-refractivity contribution in [3.63, 3.8) is 0 Å². The van der Waals surface area contributed by atoms with Gasteiger partial charge in [0.05, 0.1) is 26.4 Å². The Bertz CT molecular complexity index is 629. The molecule has 0 bridgehead atoms. The third-order valence-corrected chi connectivity index (χ3v) is 4.47. The van der Waals surface area contributed by atoms with Crippen molar-refractivity contribution in [2.45, 2.75) is 12.5 Å². The van der Waals surface area contributed by atoms with E-state index in [1.807, 2.05) is 23.1 Å². The Labute approximate surface area is 133 Å². The standard InChI is InChI=1S/C16H18N2O3S/c1-20-15-10-14(22-17-15)16(19)18-7-8-21-11-13(18)9-12-5-3-2-4-6-12/h2-6,10,13H,7-9,11H2,1H3/t13-/m0/s1. The monoisotopic (exact) mass is 318 g/mol. The molecule has 1 amide bonds. The van der Waals surface area contributed by atoms with Crippen molar-refractivity contribution in [3.8, 4) is 5.88 Å². The molecule has 0 saturated carbocycles. The molecule has 0 aliphatic carbocycles. The van der Waals surface area contributed by atoms with E-state index >= 15 is 0 Å². The van der Waals surface area contributed by atoms with Crippen LogP contribution in [-0.4, -0.2) is 48.1 Å². The predicted molar refractivity (Wildman–Crippen MR) is 84.5 cm³/mol. The molecule has 2 heterocycles. The van der Waals surface area contributed by atoms with E-state index in [0.717, 1.165) is 6.42 Å². The molecule has 0 N–H and O–H groups in total. The molecule has 1 aromatic heterocycles. The van der Waals surface area contributed by atoms with Crippen LogP contribution in [0.25, 0.3) is 0 Å². The third-order valence-electron chi connectivity index (χ3n) is 3.71. The first-order valence-corrected chi connectivity index (χ1v) is 7.98. The maximum atomic E-state index is 12.7. The number of benzene rings is 1. The van der Waals surface area contributed by atoms with Gasteiger partial charge in [-0.05, 0) is 23.5 Å². The highest BCUT2D eigenvalue weighted by atomic mass is 32.1. The highest BCUT2D eigenvalue weighted by Gasteiger charge is 2.29. The number of nitrogens with zero attached hydrogens (tertiary/aromatic N) is 2. The van der Waals surface area contributed by atoms with Crippen molar-refractivity contribution in [3.05, 3.63) is 46.8 Å². The van der Waals surface area contributed by atoms with Crippen molar-refractivity contribution in [2.24, 2.45) is 0 Å². The fourth-order valence-electron chi connectivity index (χ4n) is 2.57. The molecule has 5 nitrogen and oxygen atoms in total. The van der Waals surface area contributed by atoms with Gasteiger partial charge in [0.2, 0.25) is 5.88 Å². The molecule has 1 aliphatic heterocycles. The lowest BCUT2D eigenvalue weighted by molar-refractivity contribution is -0.00138. The Morgan fingerprint density at radius 1 is 1.45 bits per heavy atom. The maximum absolute atomic E-state index is 12.7. The minimum Gasteiger partial charge on any atom is -0.480 e. The Morgan fingerprint density at radius 2 is 2.27 bits per heavy atom. The molecule has 1 atom stereocenters. The van der Waals surface area contributed by atoms with Gasteiger partial charge in [-0.1, -0.05) is 30.3 Å². The molecule has 2 aromatic rings. The lowest BCUT2D eigenvalue weighted by Crippen LogP contribution is -2.49. The van der Waals surface area contributed by atoms with Crippen molar-refractivity contribution < 1.29 is 14.3 Å². The molecule has 1 saturated heterocycles. The smallest absolute Gasteiger partial charge is 0.266 e. The van der Waals surface area contributed by atoms with Crippen LogP contribution in [0.15, 0.2) is 36.4 Å². The second-order valence-electron chi connectivity index (χ2n) is 5.15. The molecule has 1 aliphatic rings. The minimum absolute atomic E-state index is 0.00466. The zero-order valence-corrected chi connectivity index (χ0v) is 13.2. The number of ether oxygens (including phenoxy) is 2. The van der Waals surface area contributed by atoms with Crippen LogP contribution in [0.3, 0.4) is 0 Å². The highest BCUT2D eigenvalue weighted by molar-refractivity contribution is 7.08. The summed E-state index contributed by atoms with van der Waals surface area (Å²) in [5.74, 6) is 0.492. The number of carbonyl (C=O) groups is 1. The van der Waals surface area contributed by atoms with Gasteiger partial charge < -0.3 is 14.4 Å². The molecule has 22 heavy (non-hydrogen) atoms. The Kier molecular flexibility index (Phi) is 4.70. The van der Waals surface area contributed by atoms with E-state index in [1.54, 1.807) is 13.2 Å². The van der Waals surface area contributed by atoms with Gasteiger partial charge >= 0.3 is 0 Å². The van der Waals surface area contributed by atoms with Gasteiger partial charge in [0.15, 0.2) is 0 Å². The van der Waals surface area contributed by atoms with E-state index in [4.69, 9.17) is 9.47 Å². The summed E-state index contributed by atoms with van der Waals surface area (Å²) < 4.78 is 14.7. The van der Waals surface area contributed by atoms with E-state index in [2.05, 4.69) is 16.5 Å². The first-order valence-electron chi connectivity index (χ1n) is 7.21. The van der Waals surface area contributed by atoms with Gasteiger partial charge in [0, 0.05) is 12.6 Å². The van der Waals surface area contributed by atoms with Crippen LogP contribution < -0.4 is 4.74 Å². The number of aromatic nitrogens is 1. The molecule has 1 aromatic carbocycles. The molecule has 0 unspecified atom stereocenters. The highest BCUT2D eigenvalue weighted by Crippen LogP contribution is 2.21. The lowest BCUT2D eigenvalue weighted by Gasteiger charge is -2.35. The third kappa shape index (κ3) is 3.28. The average molecular weight is 318 g/mol. The number of amides is 1. The largest absolute Gasteiger partial charge is 0.480 e. The molecule has 3 rings (SSSR count). The molecule has 1 fully saturated rings. The summed E-state index contributed by atoms with van der Waals surface area (Å²) in [4.78, 5) is 15.2. The van der Waals surface area contributed by atoms with Crippen molar-refractivity contribution in [1.82, 2.24) is 9.27 Å². The van der Waals surface area contributed by atoms with E-state index in [9.17, 15) is 4.79 Å². The molecule has 0 spiro atoms. The first-order chi connectivity index (χ1) is 10.8. The average Bonchev–Trinajstić information content (AvgIpc) is 3.05. The second kappa shape index (κ2) is 6.89. The van der Waals surface area contributed by atoms with Gasteiger partial charge in [-0.25, -0.2) is 0 Å². The van der Waals surface area contributed by atoms with Crippen LogP contribution in [0, 0.1) is 0 Å². The van der Waals surface area contributed by atoms with Gasteiger partial charge in [0.25, 0.3) is 5.91 Å². The number of morpholine rings is 1. The Hall–Kier alpha value is -1.92. The number of carbonyl (C=O) groups excluding carboxylic acids is 1. The maximum Gasteiger partial charge on any atom is 0.266 e. The minimum atomic E-state index is 0.00466. The lowest BCUT2D eigenvalue weighted by atomic mass is 10.0. The van der Waals surface area contributed by atoms with Gasteiger partial charge in [-0.15, -0.1) is 0 Å². The molecular weight excluding hydrogens is 300 g/mol. The van der Waals surface area contributed by atoms with E-state index in [1.165, 1.54) is 17.1 Å². The summed E-state index contributed by atoms with van der Waals surface area (Å²) in [6, 6.07) is 11.9. The predicted octanol–water partition coefficient (Wildman–Crippen LogP) is 2.24. The zero-order valence-electron chi connectivity index (χ0n) is 12.4. The SMILES string of the molecule is COc1cc(C(=O)N2CCOC[C@@H]2Cc2ccccc2)sn1. The van der Waals surface area contributed by atoms with Crippen LogP contribution in [0.4, 0.5) is 0 Å². The fraction of sp³-hybridized carbons (Fsp3) is 0.375. The molecular formula is C16H18N2O3S. The van der Waals surface area contributed by atoms with Gasteiger partial charge in [0.1, 0.15) is 4.88 Å². The van der Waals surface area contributed by atoms with Gasteiger partial charge in [-0.2, -0.15) is 4.37 Å². The summed E-state index contributed by atoms with van der Waals surface area (Å²) in [6.45, 7) is 1.75. The van der Waals surface area contributed by atoms with Crippen molar-refractivity contribution in [1.29, 1.82) is 0 Å². The summed E-state index contributed by atoms with van der Waals surface area (Å²) in [6.07, 6.45) is 0.794. The summed E-state index contributed by atoms with van der Waals surface area (Å²) in [7, 11) is 1.55.